The van der Waals surface area contributed by atoms with Crippen LogP contribution in [0.2, 0.25) is 0 Å². The Morgan fingerprint density at radius 3 is 2.73 bits per heavy atom. The normalized spacial score (nSPS) is 11.3. The fourth-order valence-corrected chi connectivity index (χ4v) is 3.45. The number of pyridine rings is 1. The summed E-state index contributed by atoms with van der Waals surface area (Å²) in [5.74, 6) is 1.32. The minimum absolute atomic E-state index is 0.0884. The summed E-state index contributed by atoms with van der Waals surface area (Å²) in [6.07, 6.45) is 3.38. The summed E-state index contributed by atoms with van der Waals surface area (Å²) in [6, 6.07) is 14.4. The van der Waals surface area contributed by atoms with E-state index in [1.807, 2.05) is 37.3 Å². The van der Waals surface area contributed by atoms with Gasteiger partial charge in [0.25, 0.3) is 5.56 Å². The Hall–Kier alpha value is -3.58. The molecule has 7 heteroatoms. The molecule has 0 atom stereocenters. The van der Waals surface area contributed by atoms with Crippen molar-refractivity contribution in [2.45, 2.75) is 26.6 Å². The van der Waals surface area contributed by atoms with Crippen molar-refractivity contribution in [3.05, 3.63) is 93.9 Å². The number of aromatic hydroxyl groups is 1. The van der Waals surface area contributed by atoms with Gasteiger partial charge in [-0.2, -0.15) is 0 Å². The van der Waals surface area contributed by atoms with Crippen molar-refractivity contribution < 1.29 is 14.3 Å². The Balaban J connectivity index is 1.63. The summed E-state index contributed by atoms with van der Waals surface area (Å²) in [7, 11) is 1.52. The molecule has 0 saturated carbocycles. The molecule has 4 rings (SSSR count). The molecule has 0 aliphatic rings. The highest BCUT2D eigenvalue weighted by Crippen LogP contribution is 2.27. The van der Waals surface area contributed by atoms with E-state index in [4.69, 9.17) is 9.15 Å². The van der Waals surface area contributed by atoms with E-state index in [9.17, 15) is 9.90 Å². The molecule has 0 aliphatic heterocycles. The van der Waals surface area contributed by atoms with Gasteiger partial charge in [0.1, 0.15) is 11.4 Å². The van der Waals surface area contributed by atoms with Crippen molar-refractivity contribution in [1.29, 1.82) is 0 Å². The minimum atomic E-state index is -0.116. The van der Waals surface area contributed by atoms with Crippen LogP contribution in [0.5, 0.6) is 11.5 Å². The van der Waals surface area contributed by atoms with Gasteiger partial charge in [0.05, 0.1) is 25.6 Å². The van der Waals surface area contributed by atoms with E-state index < -0.39 is 0 Å². The van der Waals surface area contributed by atoms with Crippen LogP contribution in [-0.2, 0) is 19.6 Å². The van der Waals surface area contributed by atoms with Gasteiger partial charge in [-0.1, -0.05) is 6.07 Å². The van der Waals surface area contributed by atoms with Crippen LogP contribution >= 0.6 is 0 Å². The molecule has 0 unspecified atom stereocenters. The number of phenolic OH excluding ortho intramolecular Hbond substituents is 1. The Morgan fingerprint density at radius 1 is 1.13 bits per heavy atom. The molecule has 154 valence electrons. The second-order valence-electron chi connectivity index (χ2n) is 7.25. The van der Waals surface area contributed by atoms with E-state index in [0.29, 0.717) is 36.7 Å². The van der Waals surface area contributed by atoms with E-state index in [2.05, 4.69) is 9.88 Å². The first-order valence-corrected chi connectivity index (χ1v) is 9.61. The largest absolute Gasteiger partial charge is 0.504 e. The highest BCUT2D eigenvalue weighted by molar-refractivity contribution is 5.42. The lowest BCUT2D eigenvalue weighted by molar-refractivity contribution is 0.224. The number of ether oxygens (including phenoxy) is 1. The topological polar surface area (TPSA) is 80.2 Å². The average molecular weight is 405 g/mol. The summed E-state index contributed by atoms with van der Waals surface area (Å²) in [5, 5.41) is 10.1. The lowest BCUT2D eigenvalue weighted by atomic mass is 10.1. The number of aryl methyl sites for hydroxylation is 1. The van der Waals surface area contributed by atoms with Crippen LogP contribution in [-0.4, -0.2) is 26.5 Å². The molecule has 4 aromatic rings. The highest BCUT2D eigenvalue weighted by Gasteiger charge is 2.14. The molecular weight excluding hydrogens is 382 g/mol. The third-order valence-electron chi connectivity index (χ3n) is 4.87. The van der Waals surface area contributed by atoms with Gasteiger partial charge in [-0.15, -0.1) is 0 Å². The van der Waals surface area contributed by atoms with E-state index >= 15 is 0 Å². The number of hydrogen-bond acceptors (Lipinski definition) is 6. The van der Waals surface area contributed by atoms with Crippen LogP contribution in [0.1, 0.15) is 22.6 Å². The van der Waals surface area contributed by atoms with Crippen LogP contribution < -0.4 is 10.3 Å². The quantitative estimate of drug-likeness (QED) is 0.507. The summed E-state index contributed by atoms with van der Waals surface area (Å²) in [5.41, 5.74) is 3.14. The van der Waals surface area contributed by atoms with Gasteiger partial charge in [-0.25, -0.2) is 4.98 Å². The monoisotopic (exact) mass is 405 g/mol. The minimum Gasteiger partial charge on any atom is -0.504 e. The molecule has 0 spiro atoms. The Labute approximate surface area is 173 Å². The van der Waals surface area contributed by atoms with Crippen molar-refractivity contribution in [2.24, 2.45) is 0 Å². The van der Waals surface area contributed by atoms with Crippen LogP contribution in [0.4, 0.5) is 0 Å². The molecule has 0 aliphatic carbocycles. The molecular formula is C23H23N3O4. The average Bonchev–Trinajstić information content (AvgIpc) is 3.21. The SMILES string of the molecule is COc1ccc(CN(Cc2cc(=O)n3ccc(C)cc3n2)Cc2ccco2)cc1O. The molecule has 3 aromatic heterocycles. The summed E-state index contributed by atoms with van der Waals surface area (Å²) < 4.78 is 12.2. The van der Waals surface area contributed by atoms with Gasteiger partial charge in [-0.05, 0) is 54.4 Å². The van der Waals surface area contributed by atoms with Crippen LogP contribution in [0.15, 0.2) is 70.2 Å². The van der Waals surface area contributed by atoms with Crippen molar-refractivity contribution >= 4 is 5.65 Å². The third kappa shape index (κ3) is 4.36. The molecule has 1 N–H and O–H groups in total. The Bertz CT molecular complexity index is 1220. The van der Waals surface area contributed by atoms with Crippen molar-refractivity contribution in [3.63, 3.8) is 0 Å². The maximum atomic E-state index is 12.5. The lowest BCUT2D eigenvalue weighted by Crippen LogP contribution is -2.25. The number of hydrogen-bond donors (Lipinski definition) is 1. The van der Waals surface area contributed by atoms with Gasteiger partial charge in [0.15, 0.2) is 11.5 Å². The molecule has 0 saturated heterocycles. The molecule has 1 aromatic carbocycles. The number of rotatable bonds is 7. The van der Waals surface area contributed by atoms with E-state index in [0.717, 1.165) is 16.9 Å². The molecule has 0 bridgehead atoms. The zero-order chi connectivity index (χ0) is 21.1. The van der Waals surface area contributed by atoms with Crippen LogP contribution in [0.3, 0.4) is 0 Å². The highest BCUT2D eigenvalue weighted by atomic mass is 16.5. The maximum absolute atomic E-state index is 12.5. The Kier molecular flexibility index (Phi) is 5.54. The predicted molar refractivity (Wildman–Crippen MR) is 113 cm³/mol. The van der Waals surface area contributed by atoms with E-state index in [1.54, 1.807) is 30.7 Å². The van der Waals surface area contributed by atoms with Gasteiger partial charge >= 0.3 is 0 Å². The maximum Gasteiger partial charge on any atom is 0.258 e. The molecule has 3 heterocycles. The van der Waals surface area contributed by atoms with Crippen molar-refractivity contribution in [3.8, 4) is 11.5 Å². The van der Waals surface area contributed by atoms with E-state index in [1.165, 1.54) is 11.5 Å². The first-order valence-electron chi connectivity index (χ1n) is 9.61. The third-order valence-corrected chi connectivity index (χ3v) is 4.87. The summed E-state index contributed by atoms with van der Waals surface area (Å²) >= 11 is 0. The number of phenols is 1. The smallest absolute Gasteiger partial charge is 0.258 e. The first kappa shape index (κ1) is 19.7. The fraction of sp³-hybridized carbons (Fsp3) is 0.217. The van der Waals surface area contributed by atoms with Gasteiger partial charge in [0, 0.05) is 25.4 Å². The van der Waals surface area contributed by atoms with Gasteiger partial charge < -0.3 is 14.3 Å². The predicted octanol–water partition coefficient (Wildman–Crippen LogP) is 3.51. The number of fused-ring (bicyclic) bond motifs is 1. The summed E-state index contributed by atoms with van der Waals surface area (Å²) in [6.45, 7) is 3.49. The molecule has 7 nitrogen and oxygen atoms in total. The molecule has 30 heavy (non-hydrogen) atoms. The van der Waals surface area contributed by atoms with Crippen LogP contribution in [0.25, 0.3) is 5.65 Å². The fourth-order valence-electron chi connectivity index (χ4n) is 3.45. The zero-order valence-electron chi connectivity index (χ0n) is 16.9. The number of benzene rings is 1. The second-order valence-corrected chi connectivity index (χ2v) is 7.25. The first-order chi connectivity index (χ1) is 14.5. The lowest BCUT2D eigenvalue weighted by Gasteiger charge is -2.21. The zero-order valence-corrected chi connectivity index (χ0v) is 16.9. The van der Waals surface area contributed by atoms with Gasteiger partial charge in [-0.3, -0.25) is 14.1 Å². The van der Waals surface area contributed by atoms with Crippen molar-refractivity contribution in [1.82, 2.24) is 14.3 Å². The second kappa shape index (κ2) is 8.42. The van der Waals surface area contributed by atoms with Crippen molar-refractivity contribution in [2.75, 3.05) is 7.11 Å². The summed E-state index contributed by atoms with van der Waals surface area (Å²) in [4.78, 5) is 19.3. The number of methoxy groups -OCH3 is 1. The standard InChI is InChI=1S/C23H23N3O4/c1-16-7-8-26-22(10-16)24-18(12-23(26)28)14-25(15-19-4-3-9-30-19)13-17-5-6-21(29-2)20(27)11-17/h3-12,27H,13-15H2,1-2H3. The number of furan rings is 1. The van der Waals surface area contributed by atoms with Crippen LogP contribution in [0, 0.1) is 6.92 Å². The number of aromatic nitrogens is 2. The van der Waals surface area contributed by atoms with E-state index in [-0.39, 0.29) is 11.3 Å². The molecule has 0 fully saturated rings. The number of nitrogens with zero attached hydrogens (tertiary/aromatic N) is 3. The van der Waals surface area contributed by atoms with Gasteiger partial charge in [0.2, 0.25) is 0 Å². The Morgan fingerprint density at radius 2 is 2.00 bits per heavy atom. The molecule has 0 amide bonds. The molecule has 0 radical (unpaired) electrons.